The van der Waals surface area contributed by atoms with Crippen LogP contribution in [0.5, 0.6) is 0 Å². The number of hydrogen-bond acceptors (Lipinski definition) is 4. The van der Waals surface area contributed by atoms with Crippen molar-refractivity contribution >= 4 is 28.7 Å². The van der Waals surface area contributed by atoms with E-state index in [9.17, 15) is 9.59 Å². The molecule has 3 aromatic rings. The highest BCUT2D eigenvalue weighted by Crippen LogP contribution is 2.18. The van der Waals surface area contributed by atoms with Crippen LogP contribution in [0.25, 0.3) is 17.0 Å². The van der Waals surface area contributed by atoms with Gasteiger partial charge in [0.25, 0.3) is 0 Å². The average Bonchev–Trinajstić information content (AvgIpc) is 2.67. The summed E-state index contributed by atoms with van der Waals surface area (Å²) in [4.78, 5) is 28.7. The van der Waals surface area contributed by atoms with Crippen LogP contribution in [0.4, 0.5) is 0 Å². The number of hydrogen-bond donors (Lipinski definition) is 0. The van der Waals surface area contributed by atoms with Gasteiger partial charge in [-0.15, -0.1) is 0 Å². The van der Waals surface area contributed by atoms with Gasteiger partial charge in [0, 0.05) is 28.8 Å². The summed E-state index contributed by atoms with van der Waals surface area (Å²) in [6, 6.07) is 13.4. The smallest absolute Gasteiger partial charge is 0.331 e. The van der Waals surface area contributed by atoms with Gasteiger partial charge >= 0.3 is 5.97 Å². The van der Waals surface area contributed by atoms with Crippen LogP contribution in [0.2, 0.25) is 0 Å². The van der Waals surface area contributed by atoms with Crippen molar-refractivity contribution in [2.75, 3.05) is 6.61 Å². The maximum absolute atomic E-state index is 12.4. The first-order valence-electron chi connectivity index (χ1n) is 8.75. The van der Waals surface area contributed by atoms with Crippen LogP contribution in [-0.4, -0.2) is 23.3 Å². The Hall–Kier alpha value is -3.27. The molecule has 0 aliphatic rings. The van der Waals surface area contributed by atoms with E-state index >= 15 is 0 Å². The summed E-state index contributed by atoms with van der Waals surface area (Å²) >= 11 is 0. The molecule has 0 aliphatic heterocycles. The normalized spacial score (nSPS) is 11.1. The predicted molar refractivity (Wildman–Crippen MR) is 107 cm³/mol. The number of nitrogens with zero attached hydrogens (tertiary/aromatic N) is 1. The molecular formula is C23H21NO3. The van der Waals surface area contributed by atoms with Crippen molar-refractivity contribution in [2.45, 2.75) is 20.8 Å². The third kappa shape index (κ3) is 4.29. The van der Waals surface area contributed by atoms with Crippen LogP contribution in [0.15, 0.2) is 54.7 Å². The fraction of sp³-hybridized carbons (Fsp3) is 0.174. The van der Waals surface area contributed by atoms with Crippen molar-refractivity contribution in [3.8, 4) is 0 Å². The highest BCUT2D eigenvalue weighted by atomic mass is 16.5. The van der Waals surface area contributed by atoms with E-state index in [0.717, 1.165) is 33.2 Å². The second-order valence-electron chi connectivity index (χ2n) is 6.54. The lowest BCUT2D eigenvalue weighted by atomic mass is 9.98. The molecule has 0 fully saturated rings. The number of Topliss-reactive ketones (excluding diaryl/α,β-unsaturated/α-hetero) is 1. The van der Waals surface area contributed by atoms with E-state index in [1.54, 1.807) is 12.3 Å². The summed E-state index contributed by atoms with van der Waals surface area (Å²) in [6.07, 6.45) is 4.69. The van der Waals surface area contributed by atoms with Gasteiger partial charge in [-0.3, -0.25) is 9.78 Å². The minimum absolute atomic E-state index is 0.204. The number of carbonyl (C=O) groups excluding carboxylic acids is 2. The number of para-hydroxylation sites is 1. The molecule has 2 aromatic carbocycles. The lowest BCUT2D eigenvalue weighted by Crippen LogP contribution is -2.14. The van der Waals surface area contributed by atoms with Crippen molar-refractivity contribution in [2.24, 2.45) is 0 Å². The number of fused-ring (bicyclic) bond motifs is 1. The minimum atomic E-state index is -0.558. The van der Waals surface area contributed by atoms with Crippen molar-refractivity contribution in [1.82, 2.24) is 4.98 Å². The van der Waals surface area contributed by atoms with E-state index in [0.29, 0.717) is 5.56 Å². The van der Waals surface area contributed by atoms with Crippen LogP contribution in [-0.2, 0) is 9.53 Å². The maximum Gasteiger partial charge on any atom is 0.331 e. The molecule has 0 radical (unpaired) electrons. The minimum Gasteiger partial charge on any atom is -0.454 e. The van der Waals surface area contributed by atoms with Crippen molar-refractivity contribution in [1.29, 1.82) is 0 Å². The number of carbonyl (C=O) groups is 2. The van der Waals surface area contributed by atoms with E-state index in [4.69, 9.17) is 4.74 Å². The molecule has 136 valence electrons. The van der Waals surface area contributed by atoms with Crippen molar-refractivity contribution in [3.05, 3.63) is 82.6 Å². The first-order chi connectivity index (χ1) is 13.0. The first kappa shape index (κ1) is 18.5. The van der Waals surface area contributed by atoms with Crippen LogP contribution in [0, 0.1) is 20.8 Å². The first-order valence-corrected chi connectivity index (χ1v) is 8.75. The SMILES string of the molecule is Cc1cc(C)c(C(=O)COC(=O)/C=C/c2cccc3cccnc23)cc1C. The van der Waals surface area contributed by atoms with E-state index in [2.05, 4.69) is 4.98 Å². The Balaban J connectivity index is 1.67. The Kier molecular flexibility index (Phi) is 5.46. The predicted octanol–water partition coefficient (Wildman–Crippen LogP) is 4.60. The van der Waals surface area contributed by atoms with Gasteiger partial charge in [-0.25, -0.2) is 4.79 Å². The molecule has 4 heteroatoms. The molecule has 1 heterocycles. The Morgan fingerprint density at radius 2 is 1.74 bits per heavy atom. The summed E-state index contributed by atoms with van der Waals surface area (Å²) in [7, 11) is 0. The van der Waals surface area contributed by atoms with Gasteiger partial charge in [0.2, 0.25) is 5.78 Å². The Bertz CT molecular complexity index is 1050. The zero-order chi connectivity index (χ0) is 19.4. The van der Waals surface area contributed by atoms with E-state index in [1.165, 1.54) is 6.08 Å². The molecule has 0 saturated carbocycles. The molecule has 0 atom stereocenters. The largest absolute Gasteiger partial charge is 0.454 e. The lowest BCUT2D eigenvalue weighted by Gasteiger charge is -2.09. The lowest BCUT2D eigenvalue weighted by molar-refractivity contribution is -0.136. The number of esters is 1. The van der Waals surface area contributed by atoms with Crippen LogP contribution < -0.4 is 0 Å². The number of pyridine rings is 1. The average molecular weight is 359 g/mol. The van der Waals surface area contributed by atoms with Gasteiger partial charge in [-0.1, -0.05) is 30.3 Å². The van der Waals surface area contributed by atoms with Gasteiger partial charge < -0.3 is 4.74 Å². The zero-order valence-electron chi connectivity index (χ0n) is 15.7. The van der Waals surface area contributed by atoms with Crippen molar-refractivity contribution < 1.29 is 14.3 Å². The van der Waals surface area contributed by atoms with Gasteiger partial charge in [0.05, 0.1) is 5.52 Å². The second-order valence-corrected chi connectivity index (χ2v) is 6.54. The second kappa shape index (κ2) is 7.96. The third-order valence-electron chi connectivity index (χ3n) is 4.55. The quantitative estimate of drug-likeness (QED) is 0.379. The van der Waals surface area contributed by atoms with Gasteiger partial charge in [0.1, 0.15) is 0 Å². The molecule has 0 N–H and O–H groups in total. The third-order valence-corrected chi connectivity index (χ3v) is 4.55. The summed E-state index contributed by atoms with van der Waals surface area (Å²) in [5, 5.41) is 0.994. The van der Waals surface area contributed by atoms with E-state index in [-0.39, 0.29) is 12.4 Å². The molecule has 0 amide bonds. The topological polar surface area (TPSA) is 56.3 Å². The monoisotopic (exact) mass is 359 g/mol. The summed E-state index contributed by atoms with van der Waals surface area (Å²) < 4.78 is 5.12. The van der Waals surface area contributed by atoms with E-state index < -0.39 is 5.97 Å². The van der Waals surface area contributed by atoms with E-state index in [1.807, 2.05) is 63.2 Å². The number of benzene rings is 2. The zero-order valence-corrected chi connectivity index (χ0v) is 15.7. The van der Waals surface area contributed by atoms with Gasteiger partial charge in [-0.05, 0) is 55.7 Å². The fourth-order valence-electron chi connectivity index (χ4n) is 2.94. The highest BCUT2D eigenvalue weighted by molar-refractivity contribution is 6.00. The molecule has 1 aromatic heterocycles. The summed E-state index contributed by atoms with van der Waals surface area (Å²) in [6.45, 7) is 5.57. The number of ether oxygens (including phenoxy) is 1. The Morgan fingerprint density at radius 3 is 2.56 bits per heavy atom. The number of rotatable bonds is 5. The number of ketones is 1. The molecule has 4 nitrogen and oxygen atoms in total. The molecule has 3 rings (SSSR count). The standard InChI is InChI=1S/C23H21NO3/c1-15-12-17(3)20(13-16(15)2)21(25)14-27-22(26)10-9-19-7-4-6-18-8-5-11-24-23(18)19/h4-13H,14H2,1-3H3/b10-9+. The molecular weight excluding hydrogens is 338 g/mol. The van der Waals surface area contributed by atoms with Crippen LogP contribution >= 0.6 is 0 Å². The molecule has 0 saturated heterocycles. The number of aromatic nitrogens is 1. The number of aryl methyl sites for hydroxylation is 3. The summed E-state index contributed by atoms with van der Waals surface area (Å²) in [5.41, 5.74) is 5.28. The summed E-state index contributed by atoms with van der Waals surface area (Å²) in [5.74, 6) is -0.762. The van der Waals surface area contributed by atoms with Crippen LogP contribution in [0.3, 0.4) is 0 Å². The Morgan fingerprint density at radius 1 is 1.00 bits per heavy atom. The highest BCUT2D eigenvalue weighted by Gasteiger charge is 2.12. The van der Waals surface area contributed by atoms with Crippen LogP contribution in [0.1, 0.15) is 32.6 Å². The van der Waals surface area contributed by atoms with Gasteiger partial charge in [0.15, 0.2) is 6.61 Å². The molecule has 0 spiro atoms. The maximum atomic E-state index is 12.4. The molecule has 0 bridgehead atoms. The van der Waals surface area contributed by atoms with Crippen molar-refractivity contribution in [3.63, 3.8) is 0 Å². The fourth-order valence-corrected chi connectivity index (χ4v) is 2.94. The molecule has 0 aliphatic carbocycles. The molecule has 27 heavy (non-hydrogen) atoms. The van der Waals surface area contributed by atoms with Gasteiger partial charge in [-0.2, -0.15) is 0 Å². The Labute approximate surface area is 158 Å². The molecule has 0 unspecified atom stereocenters.